The van der Waals surface area contributed by atoms with E-state index in [-0.39, 0.29) is 17.6 Å². The van der Waals surface area contributed by atoms with Gasteiger partial charge in [-0.3, -0.25) is 0 Å². The molecule has 1 saturated carbocycles. The minimum Gasteiger partial charge on any atom is -0.393 e. The molecule has 1 fully saturated rings. The molecular formula is C13H18F3N3O. The van der Waals surface area contributed by atoms with Crippen molar-refractivity contribution in [2.24, 2.45) is 5.92 Å². The van der Waals surface area contributed by atoms with E-state index >= 15 is 0 Å². The third kappa shape index (κ3) is 3.75. The Morgan fingerprint density at radius 2 is 2.00 bits per heavy atom. The van der Waals surface area contributed by atoms with Crippen LogP contribution in [-0.2, 0) is 6.18 Å². The standard InChI is InChI=1S/C13H18F3N3O/c14-13(15,16)9-5-11(17)19-12(6-9)18-7-8-3-1-2-4-10(8)20/h5-6,8,10,20H,1-4,7H2,(H3,17,18,19). The molecule has 4 nitrogen and oxygen atoms in total. The average molecular weight is 289 g/mol. The van der Waals surface area contributed by atoms with Gasteiger partial charge in [-0.05, 0) is 25.0 Å². The van der Waals surface area contributed by atoms with Crippen LogP contribution in [0.3, 0.4) is 0 Å². The van der Waals surface area contributed by atoms with Crippen molar-refractivity contribution in [1.82, 2.24) is 4.98 Å². The molecule has 1 aliphatic rings. The number of alkyl halides is 3. The molecule has 1 heterocycles. The molecule has 0 aliphatic heterocycles. The topological polar surface area (TPSA) is 71.2 Å². The highest BCUT2D eigenvalue weighted by Crippen LogP contribution is 2.32. The van der Waals surface area contributed by atoms with E-state index in [1.807, 2.05) is 0 Å². The van der Waals surface area contributed by atoms with E-state index in [2.05, 4.69) is 10.3 Å². The second-order valence-electron chi connectivity index (χ2n) is 5.16. The largest absolute Gasteiger partial charge is 0.416 e. The van der Waals surface area contributed by atoms with Crippen LogP contribution in [-0.4, -0.2) is 22.7 Å². The van der Waals surface area contributed by atoms with Gasteiger partial charge in [-0.1, -0.05) is 12.8 Å². The molecule has 0 spiro atoms. The Labute approximate surface area is 115 Å². The molecule has 2 unspecified atom stereocenters. The zero-order valence-electron chi connectivity index (χ0n) is 11.0. The van der Waals surface area contributed by atoms with Gasteiger partial charge >= 0.3 is 6.18 Å². The van der Waals surface area contributed by atoms with Gasteiger partial charge in [0.05, 0.1) is 11.7 Å². The molecule has 1 aromatic rings. The number of nitrogens with one attached hydrogen (secondary N) is 1. The molecule has 0 bridgehead atoms. The lowest BCUT2D eigenvalue weighted by atomic mass is 9.86. The average Bonchev–Trinajstić information content (AvgIpc) is 2.36. The highest BCUT2D eigenvalue weighted by atomic mass is 19.4. The van der Waals surface area contributed by atoms with E-state index in [9.17, 15) is 18.3 Å². The number of pyridine rings is 1. The predicted molar refractivity (Wildman–Crippen MR) is 70.1 cm³/mol. The fraction of sp³-hybridized carbons (Fsp3) is 0.615. The predicted octanol–water partition coefficient (Wildman–Crippen LogP) is 2.65. The summed E-state index contributed by atoms with van der Waals surface area (Å²) in [5.41, 5.74) is 4.57. The number of rotatable bonds is 3. The first kappa shape index (κ1) is 14.9. The number of hydrogen-bond donors (Lipinski definition) is 3. The van der Waals surface area contributed by atoms with Crippen molar-refractivity contribution in [1.29, 1.82) is 0 Å². The Hall–Kier alpha value is -1.50. The lowest BCUT2D eigenvalue weighted by Crippen LogP contribution is -2.30. The first-order valence-corrected chi connectivity index (χ1v) is 6.63. The Kier molecular flexibility index (Phi) is 4.37. The maximum absolute atomic E-state index is 12.7. The van der Waals surface area contributed by atoms with Crippen molar-refractivity contribution in [3.8, 4) is 0 Å². The molecular weight excluding hydrogens is 271 g/mol. The fourth-order valence-electron chi connectivity index (χ4n) is 2.47. The van der Waals surface area contributed by atoms with Gasteiger partial charge in [0, 0.05) is 12.5 Å². The van der Waals surface area contributed by atoms with Crippen LogP contribution in [0.25, 0.3) is 0 Å². The Morgan fingerprint density at radius 1 is 1.30 bits per heavy atom. The van der Waals surface area contributed by atoms with Crippen LogP contribution in [0.2, 0.25) is 0 Å². The number of nitrogen functional groups attached to an aromatic ring is 1. The quantitative estimate of drug-likeness (QED) is 0.800. The van der Waals surface area contributed by atoms with Gasteiger partial charge in [0.25, 0.3) is 0 Å². The molecule has 0 amide bonds. The first-order valence-electron chi connectivity index (χ1n) is 6.63. The summed E-state index contributed by atoms with van der Waals surface area (Å²) in [6.45, 7) is 0.398. The van der Waals surface area contributed by atoms with E-state index in [1.54, 1.807) is 0 Å². The molecule has 2 atom stereocenters. The summed E-state index contributed by atoms with van der Waals surface area (Å²) < 4.78 is 38.0. The van der Waals surface area contributed by atoms with Crippen molar-refractivity contribution in [3.63, 3.8) is 0 Å². The summed E-state index contributed by atoms with van der Waals surface area (Å²) in [5.74, 6) is -0.0390. The highest BCUT2D eigenvalue weighted by Gasteiger charge is 2.31. The molecule has 20 heavy (non-hydrogen) atoms. The van der Waals surface area contributed by atoms with Crippen molar-refractivity contribution in [3.05, 3.63) is 17.7 Å². The zero-order valence-corrected chi connectivity index (χ0v) is 11.0. The zero-order chi connectivity index (χ0) is 14.8. The van der Waals surface area contributed by atoms with Gasteiger partial charge in [0.1, 0.15) is 11.6 Å². The van der Waals surface area contributed by atoms with Crippen LogP contribution >= 0.6 is 0 Å². The number of halogens is 3. The summed E-state index contributed by atoms with van der Waals surface area (Å²) in [6, 6.07) is 1.74. The van der Waals surface area contributed by atoms with Crippen LogP contribution in [0.1, 0.15) is 31.2 Å². The van der Waals surface area contributed by atoms with Crippen molar-refractivity contribution < 1.29 is 18.3 Å². The number of aliphatic hydroxyl groups is 1. The van der Waals surface area contributed by atoms with Crippen LogP contribution in [0.5, 0.6) is 0 Å². The molecule has 0 saturated heterocycles. The van der Waals surface area contributed by atoms with Crippen molar-refractivity contribution in [2.75, 3.05) is 17.6 Å². The third-order valence-corrected chi connectivity index (χ3v) is 3.59. The lowest BCUT2D eigenvalue weighted by Gasteiger charge is -2.27. The van der Waals surface area contributed by atoms with E-state index in [0.717, 1.165) is 37.8 Å². The number of anilines is 2. The monoisotopic (exact) mass is 289 g/mol. The number of nitrogens with zero attached hydrogens (tertiary/aromatic N) is 1. The number of aliphatic hydroxyl groups excluding tert-OH is 1. The molecule has 7 heteroatoms. The van der Waals surface area contributed by atoms with E-state index in [1.165, 1.54) is 0 Å². The number of aromatic nitrogens is 1. The maximum atomic E-state index is 12.7. The smallest absolute Gasteiger partial charge is 0.393 e. The maximum Gasteiger partial charge on any atom is 0.416 e. The summed E-state index contributed by atoms with van der Waals surface area (Å²) >= 11 is 0. The fourth-order valence-corrected chi connectivity index (χ4v) is 2.47. The molecule has 0 radical (unpaired) electrons. The molecule has 0 aromatic carbocycles. The Balaban J connectivity index is 2.04. The van der Waals surface area contributed by atoms with Gasteiger partial charge in [0.15, 0.2) is 0 Å². The normalized spacial score (nSPS) is 23.6. The molecule has 112 valence electrons. The van der Waals surface area contributed by atoms with Crippen molar-refractivity contribution in [2.45, 2.75) is 38.0 Å². The SMILES string of the molecule is Nc1cc(C(F)(F)F)cc(NCC2CCCCC2O)n1. The summed E-state index contributed by atoms with van der Waals surface area (Å²) in [4.78, 5) is 3.84. The van der Waals surface area contributed by atoms with Gasteiger partial charge in [-0.2, -0.15) is 13.2 Å². The lowest BCUT2D eigenvalue weighted by molar-refractivity contribution is -0.137. The van der Waals surface area contributed by atoms with Crippen LogP contribution in [0.4, 0.5) is 24.8 Å². The van der Waals surface area contributed by atoms with E-state index in [4.69, 9.17) is 5.73 Å². The second-order valence-corrected chi connectivity index (χ2v) is 5.16. The van der Waals surface area contributed by atoms with Gasteiger partial charge in [0.2, 0.25) is 0 Å². The highest BCUT2D eigenvalue weighted by molar-refractivity contribution is 5.47. The second kappa shape index (κ2) is 5.87. The summed E-state index contributed by atoms with van der Waals surface area (Å²) in [7, 11) is 0. The van der Waals surface area contributed by atoms with E-state index in [0.29, 0.717) is 6.54 Å². The van der Waals surface area contributed by atoms with Crippen molar-refractivity contribution >= 4 is 11.6 Å². The first-order chi connectivity index (χ1) is 9.36. The Bertz CT molecular complexity index is 465. The number of nitrogens with two attached hydrogens (primary N) is 1. The molecule has 1 aromatic heterocycles. The van der Waals surface area contributed by atoms with Crippen LogP contribution in [0, 0.1) is 5.92 Å². The van der Waals surface area contributed by atoms with Gasteiger partial charge in [-0.15, -0.1) is 0 Å². The summed E-state index contributed by atoms with van der Waals surface area (Å²) in [6.07, 6.45) is -1.22. The van der Waals surface area contributed by atoms with Crippen LogP contribution in [0.15, 0.2) is 12.1 Å². The van der Waals surface area contributed by atoms with Crippen LogP contribution < -0.4 is 11.1 Å². The minimum atomic E-state index is -4.45. The Morgan fingerprint density at radius 3 is 2.65 bits per heavy atom. The summed E-state index contributed by atoms with van der Waals surface area (Å²) in [5, 5.41) is 12.7. The van der Waals surface area contributed by atoms with Gasteiger partial charge in [-0.25, -0.2) is 4.98 Å². The minimum absolute atomic E-state index is 0.0429. The van der Waals surface area contributed by atoms with E-state index < -0.39 is 17.8 Å². The molecule has 1 aliphatic carbocycles. The third-order valence-electron chi connectivity index (χ3n) is 3.59. The molecule has 4 N–H and O–H groups in total. The van der Waals surface area contributed by atoms with Gasteiger partial charge < -0.3 is 16.2 Å². The molecule has 2 rings (SSSR count). The number of hydrogen-bond acceptors (Lipinski definition) is 4.